The number of likely N-dealkylation sites (N-methyl/N-ethyl adjacent to an activating group) is 1. The molecule has 1 aliphatic heterocycles. The number of hydrogen-bond acceptors (Lipinski definition) is 5. The zero-order valence-corrected chi connectivity index (χ0v) is 19.6. The van der Waals surface area contributed by atoms with Crippen LogP contribution in [0.1, 0.15) is 56.2 Å². The highest BCUT2D eigenvalue weighted by molar-refractivity contribution is 5.91. The first-order valence-electron chi connectivity index (χ1n) is 11.7. The first-order chi connectivity index (χ1) is 15.5. The number of para-hydroxylation sites is 1. The fraction of sp³-hybridized carbons (Fsp3) is 0.542. The summed E-state index contributed by atoms with van der Waals surface area (Å²) in [6.07, 6.45) is 5.91. The van der Waals surface area contributed by atoms with Crippen molar-refractivity contribution in [3.63, 3.8) is 0 Å². The number of aromatic nitrogens is 4. The molecule has 172 valence electrons. The predicted molar refractivity (Wildman–Crippen MR) is 128 cm³/mol. The van der Waals surface area contributed by atoms with Crippen LogP contribution in [-0.2, 0) is 6.42 Å². The standard InChI is InChI=1S/C24H35N7O/c1-5-6-9-19(12-18-13-25-21-11-8-7-10-20(18)21)26-23(32)22-27-24(29-28-22)31-14-16(2)30(4)17(3)15-31/h7-8,10-11,13,16-17,19,25H,5-6,9,12,14-15H2,1-4H3,(H,26,32)(H,27,28,29)/t16-,17+,19?. The van der Waals surface area contributed by atoms with Gasteiger partial charge in [-0.25, -0.2) is 0 Å². The second-order valence-corrected chi connectivity index (χ2v) is 9.13. The molecule has 3 heterocycles. The van der Waals surface area contributed by atoms with Crippen molar-refractivity contribution < 1.29 is 4.79 Å². The van der Waals surface area contributed by atoms with E-state index in [1.807, 2.05) is 6.07 Å². The number of H-pyrrole nitrogens is 2. The second-order valence-electron chi connectivity index (χ2n) is 9.13. The molecule has 0 bridgehead atoms. The van der Waals surface area contributed by atoms with Crippen molar-refractivity contribution in [3.05, 3.63) is 41.9 Å². The number of fused-ring (bicyclic) bond motifs is 1. The first kappa shape index (κ1) is 22.3. The maximum absolute atomic E-state index is 13.0. The van der Waals surface area contributed by atoms with Crippen LogP contribution in [0.15, 0.2) is 30.5 Å². The molecule has 3 atom stereocenters. The average Bonchev–Trinajstić information content (AvgIpc) is 3.43. The lowest BCUT2D eigenvalue weighted by Crippen LogP contribution is -2.55. The number of carbonyl (C=O) groups is 1. The van der Waals surface area contributed by atoms with Crippen LogP contribution < -0.4 is 10.2 Å². The van der Waals surface area contributed by atoms with E-state index in [0.717, 1.165) is 44.3 Å². The lowest BCUT2D eigenvalue weighted by Gasteiger charge is -2.41. The highest BCUT2D eigenvalue weighted by Gasteiger charge is 2.29. The molecule has 0 aliphatic carbocycles. The molecule has 1 saturated heterocycles. The summed E-state index contributed by atoms with van der Waals surface area (Å²) in [6.45, 7) is 8.27. The van der Waals surface area contributed by atoms with Crippen LogP contribution in [0.25, 0.3) is 10.9 Å². The molecule has 1 aliphatic rings. The second kappa shape index (κ2) is 9.73. The summed E-state index contributed by atoms with van der Waals surface area (Å²) >= 11 is 0. The number of carbonyl (C=O) groups excluding carboxylic acids is 1. The van der Waals surface area contributed by atoms with Gasteiger partial charge in [-0.1, -0.05) is 38.0 Å². The van der Waals surface area contributed by atoms with E-state index in [0.29, 0.717) is 18.0 Å². The maximum Gasteiger partial charge on any atom is 0.288 e. The van der Waals surface area contributed by atoms with E-state index < -0.39 is 0 Å². The SMILES string of the molecule is CCCCC(Cc1c[nH]c2ccccc12)NC(=O)c1nc(N2C[C@@H](C)N(C)[C@@H](C)C2)n[nH]1. The van der Waals surface area contributed by atoms with Gasteiger partial charge in [0.1, 0.15) is 0 Å². The van der Waals surface area contributed by atoms with Crippen molar-refractivity contribution in [2.75, 3.05) is 25.0 Å². The minimum atomic E-state index is -0.195. The molecule has 0 saturated carbocycles. The van der Waals surface area contributed by atoms with E-state index in [1.54, 1.807) is 0 Å². The molecule has 1 fully saturated rings. The van der Waals surface area contributed by atoms with E-state index in [2.05, 4.69) is 87.5 Å². The Labute approximate surface area is 189 Å². The quantitative estimate of drug-likeness (QED) is 0.503. The number of nitrogens with zero attached hydrogens (tertiary/aromatic N) is 4. The third-order valence-corrected chi connectivity index (χ3v) is 6.71. The third-order valence-electron chi connectivity index (χ3n) is 6.71. The Morgan fingerprint density at radius 2 is 2.00 bits per heavy atom. The molecule has 3 aromatic rings. The van der Waals surface area contributed by atoms with E-state index in [9.17, 15) is 4.79 Å². The Hall–Kier alpha value is -2.87. The topological polar surface area (TPSA) is 92.9 Å². The van der Waals surface area contributed by atoms with Gasteiger partial charge in [0.25, 0.3) is 5.91 Å². The van der Waals surface area contributed by atoms with Gasteiger partial charge in [0.05, 0.1) is 0 Å². The summed E-state index contributed by atoms with van der Waals surface area (Å²) in [4.78, 5) is 25.4. The van der Waals surface area contributed by atoms with Gasteiger partial charge in [-0.2, -0.15) is 4.98 Å². The molecule has 0 spiro atoms. The Bertz CT molecular complexity index is 1030. The molecule has 2 aromatic heterocycles. The molecule has 1 aromatic carbocycles. The minimum absolute atomic E-state index is 0.0406. The highest BCUT2D eigenvalue weighted by atomic mass is 16.2. The number of anilines is 1. The first-order valence-corrected chi connectivity index (χ1v) is 11.7. The molecule has 1 amide bonds. The van der Waals surface area contributed by atoms with Gasteiger partial charge in [0.2, 0.25) is 11.8 Å². The summed E-state index contributed by atoms with van der Waals surface area (Å²) in [5, 5.41) is 11.6. The smallest absolute Gasteiger partial charge is 0.288 e. The summed E-state index contributed by atoms with van der Waals surface area (Å²) in [6, 6.07) is 9.14. The predicted octanol–water partition coefficient (Wildman–Crippen LogP) is 3.35. The van der Waals surface area contributed by atoms with Gasteiger partial charge in [-0.05, 0) is 45.4 Å². The number of unbranched alkanes of at least 4 members (excludes halogenated alkanes) is 1. The van der Waals surface area contributed by atoms with Crippen LogP contribution in [0, 0.1) is 0 Å². The summed E-state index contributed by atoms with van der Waals surface area (Å²) in [7, 11) is 2.15. The highest BCUT2D eigenvalue weighted by Crippen LogP contribution is 2.21. The lowest BCUT2D eigenvalue weighted by atomic mass is 10.0. The molecule has 8 nitrogen and oxygen atoms in total. The van der Waals surface area contributed by atoms with Gasteiger partial charge in [-0.3, -0.25) is 14.8 Å². The van der Waals surface area contributed by atoms with Crippen molar-refractivity contribution in [2.24, 2.45) is 0 Å². The number of benzene rings is 1. The minimum Gasteiger partial charge on any atom is -0.361 e. The van der Waals surface area contributed by atoms with Crippen LogP contribution in [-0.4, -0.2) is 69.2 Å². The normalized spacial score (nSPS) is 20.6. The number of nitrogens with one attached hydrogen (secondary N) is 3. The zero-order chi connectivity index (χ0) is 22.7. The molecule has 3 N–H and O–H groups in total. The molecule has 1 unspecified atom stereocenters. The summed E-state index contributed by atoms with van der Waals surface area (Å²) in [5.74, 6) is 0.684. The van der Waals surface area contributed by atoms with Gasteiger partial charge in [0, 0.05) is 48.3 Å². The van der Waals surface area contributed by atoms with Crippen LogP contribution in [0.5, 0.6) is 0 Å². The number of aromatic amines is 2. The zero-order valence-electron chi connectivity index (χ0n) is 19.6. The fourth-order valence-corrected chi connectivity index (χ4v) is 4.56. The van der Waals surface area contributed by atoms with E-state index in [-0.39, 0.29) is 17.8 Å². The largest absolute Gasteiger partial charge is 0.361 e. The van der Waals surface area contributed by atoms with Crippen LogP contribution >= 0.6 is 0 Å². The lowest BCUT2D eigenvalue weighted by molar-refractivity contribution is 0.0924. The number of rotatable bonds is 8. The molecular formula is C24H35N7O. The van der Waals surface area contributed by atoms with Gasteiger partial charge in [0.15, 0.2) is 0 Å². The monoisotopic (exact) mass is 437 g/mol. The van der Waals surface area contributed by atoms with Gasteiger partial charge >= 0.3 is 0 Å². The number of piperazine rings is 1. The van der Waals surface area contributed by atoms with Crippen molar-refractivity contribution in [1.29, 1.82) is 0 Å². The Kier molecular flexibility index (Phi) is 6.79. The fourth-order valence-electron chi connectivity index (χ4n) is 4.56. The Morgan fingerprint density at radius 1 is 1.25 bits per heavy atom. The maximum atomic E-state index is 13.0. The molecule has 8 heteroatoms. The van der Waals surface area contributed by atoms with E-state index in [4.69, 9.17) is 0 Å². The van der Waals surface area contributed by atoms with Crippen molar-refractivity contribution in [2.45, 2.75) is 64.6 Å². The van der Waals surface area contributed by atoms with E-state index in [1.165, 1.54) is 10.9 Å². The van der Waals surface area contributed by atoms with Crippen LogP contribution in [0.2, 0.25) is 0 Å². The molecular weight excluding hydrogens is 402 g/mol. The molecule has 32 heavy (non-hydrogen) atoms. The molecule has 4 rings (SSSR count). The number of amides is 1. The molecule has 0 radical (unpaired) electrons. The van der Waals surface area contributed by atoms with E-state index >= 15 is 0 Å². The number of hydrogen-bond donors (Lipinski definition) is 3. The van der Waals surface area contributed by atoms with Crippen LogP contribution in [0.4, 0.5) is 5.95 Å². The van der Waals surface area contributed by atoms with Crippen LogP contribution in [0.3, 0.4) is 0 Å². The average molecular weight is 438 g/mol. The van der Waals surface area contributed by atoms with Crippen molar-refractivity contribution >= 4 is 22.8 Å². The van der Waals surface area contributed by atoms with Gasteiger partial charge < -0.3 is 15.2 Å². The van der Waals surface area contributed by atoms with Gasteiger partial charge in [-0.15, -0.1) is 5.10 Å². The Balaban J connectivity index is 1.44. The summed E-state index contributed by atoms with van der Waals surface area (Å²) < 4.78 is 0. The van der Waals surface area contributed by atoms with Crippen molar-refractivity contribution in [1.82, 2.24) is 30.4 Å². The van der Waals surface area contributed by atoms with Crippen molar-refractivity contribution in [3.8, 4) is 0 Å². The Morgan fingerprint density at radius 3 is 2.75 bits per heavy atom. The summed E-state index contributed by atoms with van der Waals surface area (Å²) in [5.41, 5.74) is 2.35. The third kappa shape index (κ3) is 4.80.